The van der Waals surface area contributed by atoms with E-state index in [1.807, 2.05) is 6.07 Å². The van der Waals surface area contributed by atoms with E-state index in [0.717, 1.165) is 63.0 Å². The van der Waals surface area contributed by atoms with E-state index in [-0.39, 0.29) is 0 Å². The lowest BCUT2D eigenvalue weighted by Gasteiger charge is -2.18. The minimum absolute atomic E-state index is 0.881. The number of carboxylic acid groups (broad SMARTS) is 1. The average molecular weight is 426 g/mol. The number of aromatic nitrogens is 2. The van der Waals surface area contributed by atoms with Gasteiger partial charge in [0.25, 0.3) is 0 Å². The van der Waals surface area contributed by atoms with Crippen LogP contribution >= 0.6 is 0 Å². The van der Waals surface area contributed by atoms with Gasteiger partial charge in [-0.25, -0.2) is 14.8 Å². The molecular weight excluding hydrogens is 401 g/mol. The van der Waals surface area contributed by atoms with Crippen molar-refractivity contribution in [3.05, 3.63) is 41.1 Å². The van der Waals surface area contributed by atoms with Crippen molar-refractivity contribution in [2.24, 2.45) is 0 Å². The molecule has 2 aliphatic rings. The molecule has 0 atom stereocenters. The number of hydrogen-bond acceptors (Lipinski definition) is 6. The molecule has 4 heterocycles. The molecule has 1 fully saturated rings. The number of fused-ring (bicyclic) bond motifs is 1. The van der Waals surface area contributed by atoms with Gasteiger partial charge in [-0.15, -0.1) is 0 Å². The predicted molar refractivity (Wildman–Crippen MR) is 103 cm³/mol. The van der Waals surface area contributed by atoms with E-state index in [2.05, 4.69) is 22.8 Å². The first kappa shape index (κ1) is 22.1. The van der Waals surface area contributed by atoms with Crippen LogP contribution in [0.3, 0.4) is 0 Å². The maximum atomic E-state index is 10.6. The van der Waals surface area contributed by atoms with Crippen LogP contribution in [0.2, 0.25) is 0 Å². The highest BCUT2D eigenvalue weighted by atomic mass is 19.4. The molecule has 0 bridgehead atoms. The van der Waals surface area contributed by atoms with Crippen LogP contribution in [0.25, 0.3) is 0 Å². The molecule has 0 spiro atoms. The zero-order valence-electron chi connectivity index (χ0n) is 16.8. The Morgan fingerprint density at radius 2 is 1.83 bits per heavy atom. The largest absolute Gasteiger partial charge is 0.490 e. The molecular formula is C20H25F3N4O3. The van der Waals surface area contributed by atoms with Crippen LogP contribution in [0.5, 0.6) is 0 Å². The third-order valence-corrected chi connectivity index (χ3v) is 5.22. The van der Waals surface area contributed by atoms with Gasteiger partial charge < -0.3 is 14.4 Å². The smallest absolute Gasteiger partial charge is 0.475 e. The summed E-state index contributed by atoms with van der Waals surface area (Å²) in [5, 5.41) is 7.12. The van der Waals surface area contributed by atoms with Gasteiger partial charge in [0.15, 0.2) is 0 Å². The molecule has 0 amide bonds. The number of halogens is 3. The van der Waals surface area contributed by atoms with Crippen molar-refractivity contribution >= 4 is 11.9 Å². The second-order valence-corrected chi connectivity index (χ2v) is 7.39. The van der Waals surface area contributed by atoms with E-state index in [1.54, 1.807) is 6.26 Å². The summed E-state index contributed by atoms with van der Waals surface area (Å²) in [4.78, 5) is 23.4. The number of alkyl halides is 3. The second kappa shape index (κ2) is 9.46. The van der Waals surface area contributed by atoms with Crippen LogP contribution in [-0.2, 0) is 24.2 Å². The highest BCUT2D eigenvalue weighted by molar-refractivity contribution is 5.73. The number of furan rings is 1. The summed E-state index contributed by atoms with van der Waals surface area (Å²) >= 11 is 0. The van der Waals surface area contributed by atoms with Crippen LogP contribution in [0.15, 0.2) is 22.8 Å². The minimum atomic E-state index is -5.08. The molecule has 0 aliphatic carbocycles. The van der Waals surface area contributed by atoms with Gasteiger partial charge >= 0.3 is 12.1 Å². The third-order valence-electron chi connectivity index (χ3n) is 5.22. The number of anilines is 1. The van der Waals surface area contributed by atoms with Gasteiger partial charge in [-0.2, -0.15) is 13.2 Å². The first-order chi connectivity index (χ1) is 14.2. The summed E-state index contributed by atoms with van der Waals surface area (Å²) in [6.07, 6.45) is 1.22. The zero-order valence-corrected chi connectivity index (χ0v) is 16.8. The fourth-order valence-corrected chi connectivity index (χ4v) is 3.66. The van der Waals surface area contributed by atoms with E-state index in [4.69, 9.17) is 24.3 Å². The first-order valence-corrected chi connectivity index (χ1v) is 9.90. The van der Waals surface area contributed by atoms with Crippen LogP contribution in [-0.4, -0.2) is 58.3 Å². The predicted octanol–water partition coefficient (Wildman–Crippen LogP) is 3.21. The minimum Gasteiger partial charge on any atom is -0.475 e. The molecule has 2 aromatic rings. The van der Waals surface area contributed by atoms with E-state index in [0.29, 0.717) is 0 Å². The van der Waals surface area contributed by atoms with Gasteiger partial charge in [-0.1, -0.05) is 0 Å². The highest BCUT2D eigenvalue weighted by Gasteiger charge is 2.38. The molecule has 1 N–H and O–H groups in total. The van der Waals surface area contributed by atoms with Gasteiger partial charge in [-0.3, -0.25) is 4.90 Å². The first-order valence-electron chi connectivity index (χ1n) is 9.90. The van der Waals surface area contributed by atoms with Crippen LogP contribution in [0.1, 0.15) is 35.6 Å². The van der Waals surface area contributed by atoms with Gasteiger partial charge in [0, 0.05) is 38.3 Å². The normalized spacial score (nSPS) is 17.1. The maximum Gasteiger partial charge on any atom is 0.490 e. The number of carboxylic acids is 1. The molecule has 0 saturated carbocycles. The molecule has 0 aromatic carbocycles. The molecule has 2 aliphatic heterocycles. The van der Waals surface area contributed by atoms with Crippen LogP contribution in [0, 0.1) is 6.92 Å². The fraction of sp³-hybridized carbons (Fsp3) is 0.550. The number of aryl methyl sites for hydroxylation is 1. The van der Waals surface area contributed by atoms with Crippen molar-refractivity contribution in [3.63, 3.8) is 0 Å². The lowest BCUT2D eigenvalue weighted by Crippen LogP contribution is -2.25. The Hall–Kier alpha value is -2.62. The molecule has 2 aromatic heterocycles. The number of carbonyl (C=O) groups is 1. The standard InChI is InChI=1S/C18H24N4O.C2HF3O2/c1-14-16-6-10-21(13-15-5-4-12-23-15)11-7-17(16)20-18(19-14)22-8-2-3-9-22;3-2(4,5)1(6)7/h4-5,12H,2-3,6-11,13H2,1H3;(H,6,7). The SMILES string of the molecule is Cc1nc(N2CCCC2)nc2c1CCN(Cc1ccco1)CC2.O=C(O)C(F)(F)F. The molecule has 10 heteroatoms. The van der Waals surface area contributed by atoms with E-state index in [9.17, 15) is 13.2 Å². The van der Waals surface area contributed by atoms with Gasteiger partial charge in [0.2, 0.25) is 5.95 Å². The Morgan fingerprint density at radius 3 is 2.43 bits per heavy atom. The Labute approximate surface area is 172 Å². The molecule has 30 heavy (non-hydrogen) atoms. The summed E-state index contributed by atoms with van der Waals surface area (Å²) in [5.74, 6) is -0.776. The highest BCUT2D eigenvalue weighted by Crippen LogP contribution is 2.23. The van der Waals surface area contributed by atoms with E-state index in [1.165, 1.54) is 24.1 Å². The van der Waals surface area contributed by atoms with Crippen molar-refractivity contribution in [2.45, 2.75) is 45.3 Å². The fourth-order valence-electron chi connectivity index (χ4n) is 3.66. The van der Waals surface area contributed by atoms with Crippen molar-refractivity contribution in [1.29, 1.82) is 0 Å². The van der Waals surface area contributed by atoms with E-state index >= 15 is 0 Å². The number of hydrogen-bond donors (Lipinski definition) is 1. The Kier molecular flexibility index (Phi) is 6.96. The van der Waals surface area contributed by atoms with Crippen molar-refractivity contribution in [2.75, 3.05) is 31.1 Å². The maximum absolute atomic E-state index is 10.6. The summed E-state index contributed by atoms with van der Waals surface area (Å²) in [6, 6.07) is 4.01. The second-order valence-electron chi connectivity index (χ2n) is 7.39. The number of rotatable bonds is 3. The summed E-state index contributed by atoms with van der Waals surface area (Å²) in [6.45, 7) is 7.30. The van der Waals surface area contributed by atoms with Gasteiger partial charge in [0.05, 0.1) is 18.5 Å². The average Bonchev–Trinajstić information content (AvgIpc) is 3.35. The number of aliphatic carboxylic acids is 1. The number of nitrogens with zero attached hydrogens (tertiary/aromatic N) is 4. The monoisotopic (exact) mass is 426 g/mol. The molecule has 0 unspecified atom stereocenters. The van der Waals surface area contributed by atoms with Crippen molar-refractivity contribution in [3.8, 4) is 0 Å². The third kappa shape index (κ3) is 5.71. The van der Waals surface area contributed by atoms with Crippen LogP contribution < -0.4 is 4.90 Å². The Bertz CT molecular complexity index is 850. The lowest BCUT2D eigenvalue weighted by atomic mass is 10.1. The van der Waals surface area contributed by atoms with Gasteiger partial charge in [-0.05, 0) is 43.9 Å². The van der Waals surface area contributed by atoms with Gasteiger partial charge in [0.1, 0.15) is 5.76 Å². The topological polar surface area (TPSA) is 82.7 Å². The molecule has 164 valence electrons. The Balaban J connectivity index is 0.000000318. The molecule has 4 rings (SSSR count). The molecule has 0 radical (unpaired) electrons. The van der Waals surface area contributed by atoms with E-state index < -0.39 is 12.1 Å². The lowest BCUT2D eigenvalue weighted by molar-refractivity contribution is -0.192. The zero-order chi connectivity index (χ0) is 21.7. The summed E-state index contributed by atoms with van der Waals surface area (Å²) in [5.41, 5.74) is 3.77. The summed E-state index contributed by atoms with van der Waals surface area (Å²) in [7, 11) is 0. The molecule has 7 nitrogen and oxygen atoms in total. The summed E-state index contributed by atoms with van der Waals surface area (Å²) < 4.78 is 37.2. The van der Waals surface area contributed by atoms with Crippen molar-refractivity contribution < 1.29 is 27.5 Å². The van der Waals surface area contributed by atoms with Crippen LogP contribution in [0.4, 0.5) is 19.1 Å². The quantitative estimate of drug-likeness (QED) is 0.807. The molecule has 1 saturated heterocycles. The Morgan fingerprint density at radius 1 is 1.17 bits per heavy atom. The van der Waals surface area contributed by atoms with Crippen molar-refractivity contribution in [1.82, 2.24) is 14.9 Å².